The maximum Gasteiger partial charge on any atom is 0.291 e. The lowest BCUT2D eigenvalue weighted by atomic mass is 10.1. The molecule has 4 rings (SSSR count). The van der Waals surface area contributed by atoms with Gasteiger partial charge in [-0.05, 0) is 49.7 Å². The summed E-state index contributed by atoms with van der Waals surface area (Å²) < 4.78 is 5.68. The summed E-state index contributed by atoms with van der Waals surface area (Å²) in [6.45, 7) is 2.47. The predicted octanol–water partition coefficient (Wildman–Crippen LogP) is 5.43. The molecule has 1 N–H and O–H groups in total. The van der Waals surface area contributed by atoms with Crippen molar-refractivity contribution in [1.29, 1.82) is 0 Å². The van der Waals surface area contributed by atoms with Crippen LogP contribution in [0.4, 0.5) is 11.4 Å². The first-order chi connectivity index (χ1) is 12.9. The number of anilines is 2. The molecule has 0 bridgehead atoms. The average Bonchev–Trinajstić information content (AvgIpc) is 3.19. The molecule has 0 saturated carbocycles. The van der Waals surface area contributed by atoms with Crippen LogP contribution < -0.4 is 10.2 Å². The molecule has 3 aromatic rings. The van der Waals surface area contributed by atoms with Crippen molar-refractivity contribution in [2.45, 2.75) is 19.8 Å². The van der Waals surface area contributed by atoms with Crippen LogP contribution in [0.2, 0.25) is 10.0 Å². The monoisotopic (exact) mass is 402 g/mol. The molecule has 0 aliphatic carbocycles. The van der Waals surface area contributed by atoms with Crippen LogP contribution in [-0.4, -0.2) is 18.4 Å². The lowest BCUT2D eigenvalue weighted by Gasteiger charge is -2.18. The van der Waals surface area contributed by atoms with Gasteiger partial charge in [0.2, 0.25) is 5.91 Å². The first-order valence-corrected chi connectivity index (χ1v) is 9.29. The number of rotatable bonds is 3. The van der Waals surface area contributed by atoms with Crippen molar-refractivity contribution in [2.75, 3.05) is 16.8 Å². The highest BCUT2D eigenvalue weighted by Gasteiger charge is 2.24. The number of carbonyl (C=O) groups is 2. The van der Waals surface area contributed by atoms with Gasteiger partial charge in [-0.15, -0.1) is 0 Å². The zero-order valence-electron chi connectivity index (χ0n) is 14.5. The Morgan fingerprint density at radius 2 is 2.00 bits per heavy atom. The highest BCUT2D eigenvalue weighted by Crippen LogP contribution is 2.33. The number of halogens is 2. The Labute approximate surface area is 165 Å². The average molecular weight is 403 g/mol. The Kier molecular flexibility index (Phi) is 4.58. The van der Waals surface area contributed by atoms with Gasteiger partial charge >= 0.3 is 0 Å². The van der Waals surface area contributed by atoms with Crippen molar-refractivity contribution < 1.29 is 14.0 Å². The van der Waals surface area contributed by atoms with Crippen LogP contribution in [0.15, 0.2) is 40.8 Å². The molecule has 0 radical (unpaired) electrons. The van der Waals surface area contributed by atoms with Gasteiger partial charge in [-0.1, -0.05) is 23.2 Å². The summed E-state index contributed by atoms with van der Waals surface area (Å²) in [4.78, 5) is 26.2. The van der Waals surface area contributed by atoms with E-state index in [-0.39, 0.29) is 17.6 Å². The molecule has 2 aromatic carbocycles. The number of hydrogen-bond acceptors (Lipinski definition) is 3. The summed E-state index contributed by atoms with van der Waals surface area (Å²) in [5, 5.41) is 4.58. The number of nitrogens with one attached hydrogen (secondary N) is 1. The molecule has 0 atom stereocenters. The number of nitrogens with zero attached hydrogens (tertiary/aromatic N) is 1. The van der Waals surface area contributed by atoms with Crippen LogP contribution in [0.1, 0.15) is 29.0 Å². The van der Waals surface area contributed by atoms with Gasteiger partial charge in [-0.25, -0.2) is 0 Å². The standard InChI is InChI=1S/C20H16Cl2N2O3/c1-11-14-9-12(21)4-7-17(14)27-19(11)20(26)23-13-5-6-16(15(22)10-13)24-8-2-3-18(24)25/h4-7,9-10H,2-3,8H2,1H3,(H,23,26). The predicted molar refractivity (Wildman–Crippen MR) is 107 cm³/mol. The highest BCUT2D eigenvalue weighted by molar-refractivity contribution is 6.34. The third-order valence-corrected chi connectivity index (χ3v) is 5.21. The van der Waals surface area contributed by atoms with Gasteiger partial charge in [-0.3, -0.25) is 9.59 Å². The topological polar surface area (TPSA) is 62.6 Å². The molecule has 1 aliphatic rings. The number of fused-ring (bicyclic) bond motifs is 1. The number of aryl methyl sites for hydroxylation is 1. The van der Waals surface area contributed by atoms with Gasteiger partial charge in [0, 0.05) is 34.6 Å². The Balaban J connectivity index is 1.59. The fraction of sp³-hybridized carbons (Fsp3) is 0.200. The lowest BCUT2D eigenvalue weighted by Crippen LogP contribution is -2.24. The molecule has 5 nitrogen and oxygen atoms in total. The molecule has 27 heavy (non-hydrogen) atoms. The Morgan fingerprint density at radius 1 is 1.19 bits per heavy atom. The van der Waals surface area contributed by atoms with E-state index in [1.165, 1.54) is 0 Å². The zero-order valence-corrected chi connectivity index (χ0v) is 16.0. The van der Waals surface area contributed by atoms with Crippen molar-refractivity contribution in [3.8, 4) is 0 Å². The SMILES string of the molecule is Cc1c(C(=O)Nc2ccc(N3CCCC3=O)c(Cl)c2)oc2ccc(Cl)cc12. The van der Waals surface area contributed by atoms with E-state index in [9.17, 15) is 9.59 Å². The number of hydrogen-bond donors (Lipinski definition) is 1. The molecule has 7 heteroatoms. The van der Waals surface area contributed by atoms with Crippen LogP contribution in [0.25, 0.3) is 11.0 Å². The van der Waals surface area contributed by atoms with Gasteiger partial charge in [-0.2, -0.15) is 0 Å². The van der Waals surface area contributed by atoms with Crippen molar-refractivity contribution >= 4 is 57.4 Å². The van der Waals surface area contributed by atoms with Crippen LogP contribution >= 0.6 is 23.2 Å². The summed E-state index contributed by atoms with van der Waals surface area (Å²) in [5.41, 5.74) is 2.50. The molecule has 2 amide bonds. The fourth-order valence-corrected chi connectivity index (χ4v) is 3.76. The molecule has 1 aromatic heterocycles. The normalized spacial score (nSPS) is 14.2. The van der Waals surface area contributed by atoms with E-state index in [1.54, 1.807) is 41.3 Å². The van der Waals surface area contributed by atoms with Crippen LogP contribution in [0.5, 0.6) is 0 Å². The van der Waals surface area contributed by atoms with E-state index < -0.39 is 0 Å². The summed E-state index contributed by atoms with van der Waals surface area (Å²) in [7, 11) is 0. The van der Waals surface area contributed by atoms with E-state index in [0.717, 1.165) is 17.4 Å². The summed E-state index contributed by atoms with van der Waals surface area (Å²) in [6.07, 6.45) is 1.35. The lowest BCUT2D eigenvalue weighted by molar-refractivity contribution is -0.117. The molecule has 2 heterocycles. The minimum Gasteiger partial charge on any atom is -0.451 e. The molecule has 1 aliphatic heterocycles. The number of amides is 2. The quantitative estimate of drug-likeness (QED) is 0.635. The second-order valence-corrected chi connectivity index (χ2v) is 7.31. The summed E-state index contributed by atoms with van der Waals surface area (Å²) in [6, 6.07) is 10.3. The fourth-order valence-electron chi connectivity index (χ4n) is 3.30. The molecule has 1 fully saturated rings. The van der Waals surface area contributed by atoms with Crippen molar-refractivity contribution in [1.82, 2.24) is 0 Å². The van der Waals surface area contributed by atoms with Gasteiger partial charge in [0.15, 0.2) is 5.76 Å². The van der Waals surface area contributed by atoms with E-state index >= 15 is 0 Å². The van der Waals surface area contributed by atoms with Gasteiger partial charge < -0.3 is 14.6 Å². The smallest absolute Gasteiger partial charge is 0.291 e. The van der Waals surface area contributed by atoms with E-state index in [1.807, 2.05) is 6.92 Å². The largest absolute Gasteiger partial charge is 0.451 e. The minimum absolute atomic E-state index is 0.0604. The van der Waals surface area contributed by atoms with Gasteiger partial charge in [0.1, 0.15) is 5.58 Å². The molecule has 0 spiro atoms. The third kappa shape index (κ3) is 3.29. The molecule has 0 unspecified atom stereocenters. The van der Waals surface area contributed by atoms with Crippen molar-refractivity contribution in [2.24, 2.45) is 0 Å². The van der Waals surface area contributed by atoms with Gasteiger partial charge in [0.05, 0.1) is 10.7 Å². The van der Waals surface area contributed by atoms with Crippen molar-refractivity contribution in [3.63, 3.8) is 0 Å². The van der Waals surface area contributed by atoms with E-state index in [2.05, 4.69) is 5.32 Å². The maximum atomic E-state index is 12.6. The van der Waals surface area contributed by atoms with Crippen molar-refractivity contribution in [3.05, 3.63) is 57.8 Å². The molecular formula is C20H16Cl2N2O3. The first kappa shape index (κ1) is 17.9. The number of carbonyl (C=O) groups excluding carboxylic acids is 2. The van der Waals surface area contributed by atoms with Crippen LogP contribution in [0, 0.1) is 6.92 Å². The summed E-state index contributed by atoms with van der Waals surface area (Å²) in [5.74, 6) is -0.0895. The molecule has 1 saturated heterocycles. The highest BCUT2D eigenvalue weighted by atomic mass is 35.5. The Morgan fingerprint density at radius 3 is 2.70 bits per heavy atom. The number of benzene rings is 2. The zero-order chi connectivity index (χ0) is 19.1. The van der Waals surface area contributed by atoms with Crippen LogP contribution in [0.3, 0.4) is 0 Å². The molecule has 138 valence electrons. The third-order valence-electron chi connectivity index (χ3n) is 4.67. The summed E-state index contributed by atoms with van der Waals surface area (Å²) >= 11 is 12.4. The minimum atomic E-state index is -0.374. The molecular weight excluding hydrogens is 387 g/mol. The second kappa shape index (κ2) is 6.91. The Bertz CT molecular complexity index is 1070. The van der Waals surface area contributed by atoms with Crippen LogP contribution in [-0.2, 0) is 4.79 Å². The second-order valence-electron chi connectivity index (χ2n) is 6.47. The van der Waals surface area contributed by atoms with Gasteiger partial charge in [0.25, 0.3) is 5.91 Å². The first-order valence-electron chi connectivity index (χ1n) is 8.54. The number of furan rings is 1. The van der Waals surface area contributed by atoms with E-state index in [4.69, 9.17) is 27.6 Å². The maximum absolute atomic E-state index is 12.6. The van der Waals surface area contributed by atoms with E-state index in [0.29, 0.717) is 40.0 Å². The Hall–Kier alpha value is -2.50.